The van der Waals surface area contributed by atoms with Gasteiger partial charge >= 0.3 is 5.97 Å². The summed E-state index contributed by atoms with van der Waals surface area (Å²) in [5, 5.41) is 0. The molecule has 5 heteroatoms. The number of hydrogen-bond donors (Lipinski definition) is 0. The number of hydrogen-bond acceptors (Lipinski definition) is 5. The average Bonchev–Trinajstić information content (AvgIpc) is 3.35. The topological polar surface area (TPSA) is 65.0 Å². The third-order valence-corrected chi connectivity index (χ3v) is 7.38. The number of allylic oxidation sites excluding steroid dienone is 1. The van der Waals surface area contributed by atoms with Crippen LogP contribution in [0.15, 0.2) is 70.9 Å². The minimum atomic E-state index is -0.431. The summed E-state index contributed by atoms with van der Waals surface area (Å²) in [4.78, 5) is 31.7. The highest BCUT2D eigenvalue weighted by atomic mass is 16.6. The van der Waals surface area contributed by atoms with Crippen molar-refractivity contribution in [3.05, 3.63) is 71.4 Å². The third-order valence-electron chi connectivity index (χ3n) is 7.38. The first kappa shape index (κ1) is 23.7. The second kappa shape index (κ2) is 9.54. The quantitative estimate of drug-likeness (QED) is 0.510. The summed E-state index contributed by atoms with van der Waals surface area (Å²) in [7, 11) is 0. The number of rotatable bonds is 5. The van der Waals surface area contributed by atoms with Gasteiger partial charge in [-0.15, -0.1) is 0 Å². The Hall–Kier alpha value is -3.05. The van der Waals surface area contributed by atoms with E-state index < -0.39 is 17.8 Å². The summed E-state index contributed by atoms with van der Waals surface area (Å²) in [6, 6.07) is 18.4. The maximum absolute atomic E-state index is 13.5. The first-order chi connectivity index (χ1) is 16.8. The number of fused-ring (bicyclic) bond motifs is 1. The Kier molecular flexibility index (Phi) is 6.45. The van der Waals surface area contributed by atoms with E-state index in [1.807, 2.05) is 37.3 Å². The molecule has 5 nitrogen and oxygen atoms in total. The Morgan fingerprint density at radius 1 is 1.03 bits per heavy atom. The molecule has 2 aromatic rings. The molecule has 0 N–H and O–H groups in total. The van der Waals surface area contributed by atoms with Gasteiger partial charge < -0.3 is 9.47 Å². The van der Waals surface area contributed by atoms with E-state index in [1.165, 1.54) is 0 Å². The highest BCUT2D eigenvalue weighted by Crippen LogP contribution is 2.47. The number of carbonyl (C=O) groups is 2. The monoisotopic (exact) mass is 471 g/mol. The van der Waals surface area contributed by atoms with Gasteiger partial charge in [0.2, 0.25) is 0 Å². The van der Waals surface area contributed by atoms with Crippen LogP contribution in [0.3, 0.4) is 0 Å². The number of carbonyl (C=O) groups excluding carboxylic acids is 2. The minimum absolute atomic E-state index is 0.0526. The number of esters is 1. The summed E-state index contributed by atoms with van der Waals surface area (Å²) in [6.45, 7) is 7.02. The Labute approximate surface area is 207 Å². The lowest BCUT2D eigenvalue weighted by Crippen LogP contribution is -2.44. The van der Waals surface area contributed by atoms with Crippen molar-refractivity contribution in [1.82, 2.24) is 0 Å². The van der Waals surface area contributed by atoms with Crippen LogP contribution in [0.25, 0.3) is 11.1 Å². The summed E-state index contributed by atoms with van der Waals surface area (Å²) in [5.41, 5.74) is 5.07. The van der Waals surface area contributed by atoms with Crippen molar-refractivity contribution in [2.45, 2.75) is 58.5 Å². The number of ketones is 1. The van der Waals surface area contributed by atoms with E-state index in [-0.39, 0.29) is 23.9 Å². The van der Waals surface area contributed by atoms with Crippen LogP contribution in [0.5, 0.6) is 0 Å². The average molecular weight is 472 g/mol. The van der Waals surface area contributed by atoms with Crippen molar-refractivity contribution in [2.75, 3.05) is 13.2 Å². The molecule has 182 valence electrons. The van der Waals surface area contributed by atoms with Crippen LogP contribution in [-0.2, 0) is 19.1 Å². The molecule has 2 heterocycles. The molecule has 35 heavy (non-hydrogen) atoms. The molecule has 2 fully saturated rings. The molecule has 0 unspecified atom stereocenters. The third kappa shape index (κ3) is 4.87. The standard InChI is InChI=1S/C30H33NO4/c1-19-26(29(33)35-18-23-10-7-15-34-23)27(28-24(31-19)16-30(2,3)17-25(28)32)22-13-11-21(12-14-22)20-8-5-4-6-9-20/h4-6,8-9,11-14,23,27-28H,7,10,15-18H2,1-3H3/t23-,27+,28-/m0/s1. The van der Waals surface area contributed by atoms with E-state index in [4.69, 9.17) is 14.5 Å². The Balaban J connectivity index is 1.51. The smallest absolute Gasteiger partial charge is 0.336 e. The van der Waals surface area contributed by atoms with Crippen molar-refractivity contribution in [3.8, 4) is 11.1 Å². The number of ether oxygens (including phenoxy) is 2. The van der Waals surface area contributed by atoms with Crippen molar-refractivity contribution in [3.63, 3.8) is 0 Å². The zero-order chi connectivity index (χ0) is 24.6. The maximum atomic E-state index is 13.5. The number of nitrogens with zero attached hydrogens (tertiary/aromatic N) is 1. The van der Waals surface area contributed by atoms with E-state index in [0.29, 0.717) is 24.3 Å². The normalized spacial score (nSPS) is 25.7. The fourth-order valence-corrected chi connectivity index (χ4v) is 5.75. The van der Waals surface area contributed by atoms with Gasteiger partial charge in [0, 0.05) is 30.4 Å². The number of Topliss-reactive ketones (excluding diaryl/α,β-unsaturated/α-hetero) is 1. The van der Waals surface area contributed by atoms with E-state index >= 15 is 0 Å². The van der Waals surface area contributed by atoms with Crippen molar-refractivity contribution >= 4 is 17.5 Å². The molecule has 0 bridgehead atoms. The molecule has 1 saturated heterocycles. The maximum Gasteiger partial charge on any atom is 0.336 e. The zero-order valence-corrected chi connectivity index (χ0v) is 20.8. The molecule has 2 aromatic carbocycles. The number of aliphatic imine (C=N–C) groups is 1. The highest BCUT2D eigenvalue weighted by Gasteiger charge is 2.47. The van der Waals surface area contributed by atoms with Gasteiger partial charge in [-0.3, -0.25) is 9.79 Å². The molecule has 2 aliphatic heterocycles. The number of benzene rings is 2. The molecule has 3 atom stereocenters. The van der Waals surface area contributed by atoms with Crippen molar-refractivity contribution in [1.29, 1.82) is 0 Å². The van der Waals surface area contributed by atoms with Crippen LogP contribution in [0.4, 0.5) is 0 Å². The van der Waals surface area contributed by atoms with Gasteiger partial charge in [-0.2, -0.15) is 0 Å². The Bertz CT molecular complexity index is 1170. The predicted octanol–water partition coefficient (Wildman–Crippen LogP) is 5.89. The van der Waals surface area contributed by atoms with Crippen LogP contribution in [-0.4, -0.2) is 36.8 Å². The second-order valence-electron chi connectivity index (χ2n) is 10.8. The van der Waals surface area contributed by atoms with Gasteiger partial charge in [0.15, 0.2) is 0 Å². The molecule has 0 aromatic heterocycles. The fourth-order valence-electron chi connectivity index (χ4n) is 5.75. The summed E-state index contributed by atoms with van der Waals surface area (Å²) in [6.07, 6.45) is 3.06. The molecule has 0 amide bonds. The van der Waals surface area contributed by atoms with E-state index in [0.717, 1.165) is 41.7 Å². The largest absolute Gasteiger partial charge is 0.460 e. The minimum Gasteiger partial charge on any atom is -0.460 e. The van der Waals surface area contributed by atoms with Crippen LogP contribution in [0, 0.1) is 11.3 Å². The van der Waals surface area contributed by atoms with Crippen LogP contribution in [0.1, 0.15) is 57.9 Å². The zero-order valence-electron chi connectivity index (χ0n) is 20.8. The van der Waals surface area contributed by atoms with Gasteiger partial charge in [-0.25, -0.2) is 4.79 Å². The molecule has 1 saturated carbocycles. The molecule has 5 rings (SSSR count). The van der Waals surface area contributed by atoms with Crippen molar-refractivity contribution in [2.24, 2.45) is 16.3 Å². The summed E-state index contributed by atoms with van der Waals surface area (Å²) in [5.74, 6) is -1.07. The van der Waals surface area contributed by atoms with E-state index in [9.17, 15) is 9.59 Å². The highest BCUT2D eigenvalue weighted by molar-refractivity contribution is 6.12. The van der Waals surface area contributed by atoms with Crippen LogP contribution >= 0.6 is 0 Å². The molecule has 1 aliphatic carbocycles. The summed E-state index contributed by atoms with van der Waals surface area (Å²) < 4.78 is 11.4. The van der Waals surface area contributed by atoms with Gasteiger partial charge in [0.1, 0.15) is 12.4 Å². The van der Waals surface area contributed by atoms with E-state index in [2.05, 4.69) is 38.1 Å². The van der Waals surface area contributed by atoms with Crippen LogP contribution in [0.2, 0.25) is 0 Å². The summed E-state index contributed by atoms with van der Waals surface area (Å²) >= 11 is 0. The first-order valence-electron chi connectivity index (χ1n) is 12.6. The lowest BCUT2D eigenvalue weighted by atomic mass is 9.63. The SMILES string of the molecule is CC1=C(C(=O)OC[C@@H]2CCCO2)[C@@H](c2ccc(-c3ccccc3)cc2)[C@@H]2C(=O)CC(C)(C)CC2=N1. The lowest BCUT2D eigenvalue weighted by molar-refractivity contribution is -0.142. The molecule has 3 aliphatic rings. The van der Waals surface area contributed by atoms with Crippen molar-refractivity contribution < 1.29 is 19.1 Å². The van der Waals surface area contributed by atoms with Gasteiger partial charge in [0.05, 0.1) is 17.6 Å². The molecule has 0 spiro atoms. The molecular formula is C30H33NO4. The van der Waals surface area contributed by atoms with Gasteiger partial charge in [-0.1, -0.05) is 68.4 Å². The second-order valence-corrected chi connectivity index (χ2v) is 10.8. The van der Waals surface area contributed by atoms with Gasteiger partial charge in [-0.05, 0) is 48.3 Å². The first-order valence-corrected chi connectivity index (χ1v) is 12.6. The fraction of sp³-hybridized carbons (Fsp3) is 0.433. The molecular weight excluding hydrogens is 438 g/mol. The van der Waals surface area contributed by atoms with Gasteiger partial charge in [0.25, 0.3) is 0 Å². The Morgan fingerprint density at radius 3 is 2.43 bits per heavy atom. The Morgan fingerprint density at radius 2 is 1.74 bits per heavy atom. The molecule has 0 radical (unpaired) electrons. The lowest BCUT2D eigenvalue weighted by Gasteiger charge is -2.41. The van der Waals surface area contributed by atoms with E-state index in [1.54, 1.807) is 0 Å². The van der Waals surface area contributed by atoms with Crippen LogP contribution < -0.4 is 0 Å². The predicted molar refractivity (Wildman–Crippen MR) is 136 cm³/mol.